The van der Waals surface area contributed by atoms with Crippen molar-refractivity contribution in [2.45, 2.75) is 6.54 Å². The second kappa shape index (κ2) is 9.05. The first-order valence-electron chi connectivity index (χ1n) is 8.10. The molecule has 1 aromatic heterocycles. The highest BCUT2D eigenvalue weighted by Gasteiger charge is 2.20. The lowest BCUT2D eigenvalue weighted by Gasteiger charge is -2.07. The summed E-state index contributed by atoms with van der Waals surface area (Å²) in [6.07, 6.45) is 0. The van der Waals surface area contributed by atoms with E-state index in [1.54, 1.807) is 18.2 Å². The van der Waals surface area contributed by atoms with E-state index in [0.29, 0.717) is 10.4 Å². The molecule has 0 bridgehead atoms. The Morgan fingerprint density at radius 1 is 1.04 bits per heavy atom. The van der Waals surface area contributed by atoms with Gasteiger partial charge in [-0.25, -0.2) is 9.59 Å². The van der Waals surface area contributed by atoms with E-state index in [4.69, 9.17) is 27.9 Å². The molecule has 144 valence electrons. The molecule has 0 saturated heterocycles. The minimum absolute atomic E-state index is 0.167. The fourth-order valence-corrected chi connectivity index (χ4v) is 4.03. The number of esters is 1. The lowest BCUT2D eigenvalue weighted by Crippen LogP contribution is -2.41. The molecule has 3 aromatic rings. The van der Waals surface area contributed by atoms with Gasteiger partial charge in [-0.3, -0.25) is 10.1 Å². The third-order valence-electron chi connectivity index (χ3n) is 3.66. The summed E-state index contributed by atoms with van der Waals surface area (Å²) in [5.41, 5.74) is 0.885. The molecule has 0 atom stereocenters. The number of hydrogen-bond acceptors (Lipinski definition) is 5. The van der Waals surface area contributed by atoms with E-state index >= 15 is 0 Å². The number of amides is 3. The molecule has 6 nitrogen and oxygen atoms in total. The Morgan fingerprint density at radius 3 is 2.54 bits per heavy atom. The number of fused-ring (bicyclic) bond motifs is 1. The standard InChI is InChI=1S/C19H14Cl2N2O4S/c20-12-6-7-13-14(8-12)28-17(16(13)21)18(25)27-10-15(24)23-19(26)22-9-11-4-2-1-3-5-11/h1-8H,9-10H2,(H2,22,23,24,26). The summed E-state index contributed by atoms with van der Waals surface area (Å²) in [6, 6.07) is 13.6. The first-order chi connectivity index (χ1) is 13.4. The molecule has 0 unspecified atom stereocenters. The monoisotopic (exact) mass is 436 g/mol. The predicted molar refractivity (Wildman–Crippen MR) is 109 cm³/mol. The highest BCUT2D eigenvalue weighted by Crippen LogP contribution is 2.37. The van der Waals surface area contributed by atoms with Gasteiger partial charge in [-0.05, 0) is 17.7 Å². The van der Waals surface area contributed by atoms with Gasteiger partial charge in [0.25, 0.3) is 5.91 Å². The summed E-state index contributed by atoms with van der Waals surface area (Å²) in [7, 11) is 0. The SMILES string of the molecule is O=C(COC(=O)c1sc2cc(Cl)ccc2c1Cl)NC(=O)NCc1ccccc1. The van der Waals surface area contributed by atoms with Gasteiger partial charge in [-0.2, -0.15) is 0 Å². The topological polar surface area (TPSA) is 84.5 Å². The molecule has 1 heterocycles. The Kier molecular flexibility index (Phi) is 6.51. The largest absolute Gasteiger partial charge is 0.451 e. The van der Waals surface area contributed by atoms with Gasteiger partial charge in [-0.15, -0.1) is 11.3 Å². The summed E-state index contributed by atoms with van der Waals surface area (Å²) in [4.78, 5) is 35.9. The molecule has 3 amide bonds. The van der Waals surface area contributed by atoms with Crippen LogP contribution in [0.5, 0.6) is 0 Å². The maximum atomic E-state index is 12.2. The lowest BCUT2D eigenvalue weighted by molar-refractivity contribution is -0.123. The Morgan fingerprint density at radius 2 is 1.79 bits per heavy atom. The van der Waals surface area contributed by atoms with Crippen molar-refractivity contribution in [3.05, 3.63) is 69.0 Å². The molecule has 28 heavy (non-hydrogen) atoms. The van der Waals surface area contributed by atoms with Crippen molar-refractivity contribution in [2.24, 2.45) is 0 Å². The van der Waals surface area contributed by atoms with Crippen molar-refractivity contribution in [1.82, 2.24) is 10.6 Å². The zero-order valence-electron chi connectivity index (χ0n) is 14.3. The van der Waals surface area contributed by atoms with Crippen LogP contribution in [0.1, 0.15) is 15.2 Å². The van der Waals surface area contributed by atoms with Crippen molar-refractivity contribution in [3.8, 4) is 0 Å². The predicted octanol–water partition coefficient (Wildman–Crippen LogP) is 4.39. The molecule has 0 fully saturated rings. The number of rotatable bonds is 5. The summed E-state index contributed by atoms with van der Waals surface area (Å²) >= 11 is 13.3. The number of carbonyl (C=O) groups excluding carboxylic acids is 3. The van der Waals surface area contributed by atoms with E-state index in [1.807, 2.05) is 30.3 Å². The molecule has 0 saturated carbocycles. The van der Waals surface area contributed by atoms with Crippen LogP contribution < -0.4 is 10.6 Å². The molecule has 0 aliphatic carbocycles. The van der Waals surface area contributed by atoms with Crippen LogP contribution in [0.3, 0.4) is 0 Å². The van der Waals surface area contributed by atoms with Gasteiger partial charge in [0.2, 0.25) is 0 Å². The van der Waals surface area contributed by atoms with Crippen LogP contribution in [0, 0.1) is 0 Å². The zero-order chi connectivity index (χ0) is 20.1. The molecule has 2 aromatic carbocycles. The molecule has 0 aliphatic rings. The Hall–Kier alpha value is -2.61. The lowest BCUT2D eigenvalue weighted by atomic mass is 10.2. The van der Waals surface area contributed by atoms with Gasteiger partial charge >= 0.3 is 12.0 Å². The number of imide groups is 1. The number of ether oxygens (including phenoxy) is 1. The number of benzene rings is 2. The van der Waals surface area contributed by atoms with E-state index in [9.17, 15) is 14.4 Å². The minimum atomic E-state index is -0.751. The third-order valence-corrected chi connectivity index (χ3v) is 5.53. The summed E-state index contributed by atoms with van der Waals surface area (Å²) in [5.74, 6) is -1.50. The fourth-order valence-electron chi connectivity index (χ4n) is 2.35. The van der Waals surface area contributed by atoms with E-state index in [1.165, 1.54) is 0 Å². The van der Waals surface area contributed by atoms with Crippen LogP contribution in [-0.2, 0) is 16.1 Å². The molecule has 9 heteroatoms. The molecular weight excluding hydrogens is 423 g/mol. The van der Waals surface area contributed by atoms with Crippen molar-refractivity contribution < 1.29 is 19.1 Å². The van der Waals surface area contributed by atoms with Crippen molar-refractivity contribution in [3.63, 3.8) is 0 Å². The molecule has 2 N–H and O–H groups in total. The van der Waals surface area contributed by atoms with Crippen LogP contribution in [0.25, 0.3) is 10.1 Å². The van der Waals surface area contributed by atoms with Gasteiger partial charge in [0.05, 0.1) is 5.02 Å². The van der Waals surface area contributed by atoms with Crippen molar-refractivity contribution >= 4 is 62.5 Å². The van der Waals surface area contributed by atoms with E-state index in [2.05, 4.69) is 10.6 Å². The zero-order valence-corrected chi connectivity index (χ0v) is 16.7. The average molecular weight is 437 g/mol. The van der Waals surface area contributed by atoms with Gasteiger partial charge in [0.1, 0.15) is 4.88 Å². The van der Waals surface area contributed by atoms with Crippen molar-refractivity contribution in [1.29, 1.82) is 0 Å². The number of carbonyl (C=O) groups is 3. The van der Waals surface area contributed by atoms with E-state index in [0.717, 1.165) is 21.6 Å². The van der Waals surface area contributed by atoms with Crippen LogP contribution in [0.4, 0.5) is 4.79 Å². The number of thiophene rings is 1. The highest BCUT2D eigenvalue weighted by molar-refractivity contribution is 7.21. The molecular formula is C19H14Cl2N2O4S. The quantitative estimate of drug-likeness (QED) is 0.580. The molecule has 0 aliphatic heterocycles. The number of urea groups is 1. The van der Waals surface area contributed by atoms with E-state index < -0.39 is 24.5 Å². The minimum Gasteiger partial charge on any atom is -0.451 e. The molecule has 3 rings (SSSR count). The van der Waals surface area contributed by atoms with Crippen LogP contribution in [0.2, 0.25) is 10.0 Å². The van der Waals surface area contributed by atoms with Gasteiger partial charge < -0.3 is 10.1 Å². The Balaban J connectivity index is 1.51. The first-order valence-corrected chi connectivity index (χ1v) is 9.67. The van der Waals surface area contributed by atoms with Gasteiger partial charge in [-0.1, -0.05) is 59.6 Å². The van der Waals surface area contributed by atoms with E-state index in [-0.39, 0.29) is 16.4 Å². The highest BCUT2D eigenvalue weighted by atomic mass is 35.5. The van der Waals surface area contributed by atoms with Crippen LogP contribution >= 0.6 is 34.5 Å². The van der Waals surface area contributed by atoms with Gasteiger partial charge in [0, 0.05) is 21.7 Å². The smallest absolute Gasteiger partial charge is 0.350 e. The molecule has 0 radical (unpaired) electrons. The average Bonchev–Trinajstić information content (AvgIpc) is 3.01. The summed E-state index contributed by atoms with van der Waals surface area (Å²) in [5, 5.41) is 6.06. The fraction of sp³-hybridized carbons (Fsp3) is 0.105. The third kappa shape index (κ3) is 5.01. The number of hydrogen-bond donors (Lipinski definition) is 2. The maximum absolute atomic E-state index is 12.2. The second-order valence-electron chi connectivity index (χ2n) is 5.68. The van der Waals surface area contributed by atoms with Crippen LogP contribution in [0.15, 0.2) is 48.5 Å². The Labute approximate surface area is 174 Å². The first kappa shape index (κ1) is 20.1. The number of nitrogens with one attached hydrogen (secondary N) is 2. The van der Waals surface area contributed by atoms with Crippen LogP contribution in [-0.4, -0.2) is 24.5 Å². The normalized spacial score (nSPS) is 10.5. The maximum Gasteiger partial charge on any atom is 0.350 e. The van der Waals surface area contributed by atoms with Crippen molar-refractivity contribution in [2.75, 3.05) is 6.61 Å². The second-order valence-corrected chi connectivity index (χ2v) is 7.54. The Bertz CT molecular complexity index is 1040. The molecule has 0 spiro atoms. The number of halogens is 2. The summed E-state index contributed by atoms with van der Waals surface area (Å²) in [6.45, 7) is -0.345. The summed E-state index contributed by atoms with van der Waals surface area (Å²) < 4.78 is 5.69. The van der Waals surface area contributed by atoms with Gasteiger partial charge in [0.15, 0.2) is 6.61 Å².